The first kappa shape index (κ1) is 14.1. The van der Waals surface area contributed by atoms with E-state index in [0.29, 0.717) is 6.42 Å². The predicted octanol–water partition coefficient (Wildman–Crippen LogP) is 3.39. The van der Waals surface area contributed by atoms with Crippen LogP contribution in [0.15, 0.2) is 54.6 Å². The van der Waals surface area contributed by atoms with Crippen LogP contribution in [0, 0.1) is 0 Å². The van der Waals surface area contributed by atoms with E-state index < -0.39 is 0 Å². The van der Waals surface area contributed by atoms with Crippen LogP contribution in [-0.4, -0.2) is 20.2 Å². The van der Waals surface area contributed by atoms with Crippen LogP contribution in [0.3, 0.4) is 0 Å². The van der Waals surface area contributed by atoms with E-state index in [0.717, 1.165) is 16.9 Å². The Balaban J connectivity index is 2.37. The van der Waals surface area contributed by atoms with Crippen molar-refractivity contribution in [2.24, 2.45) is 0 Å². The van der Waals surface area contributed by atoms with Gasteiger partial charge in [-0.05, 0) is 23.3 Å². The molecular weight excluding hydrogens is 252 g/mol. The molecule has 0 aliphatic heterocycles. The van der Waals surface area contributed by atoms with Gasteiger partial charge in [-0.2, -0.15) is 0 Å². The predicted molar refractivity (Wildman–Crippen MR) is 77.9 cm³/mol. The summed E-state index contributed by atoms with van der Waals surface area (Å²) < 4.78 is 10.1. The van der Waals surface area contributed by atoms with E-state index in [1.165, 1.54) is 7.11 Å². The second-order valence-corrected chi connectivity index (χ2v) is 4.52. The van der Waals surface area contributed by atoms with Crippen molar-refractivity contribution in [2.45, 2.75) is 12.3 Å². The number of carbonyl (C=O) groups excluding carboxylic acids is 1. The van der Waals surface area contributed by atoms with E-state index in [-0.39, 0.29) is 11.9 Å². The molecule has 0 saturated carbocycles. The number of benzene rings is 2. The van der Waals surface area contributed by atoms with Crippen LogP contribution in [0.5, 0.6) is 5.75 Å². The Morgan fingerprint density at radius 3 is 2.35 bits per heavy atom. The summed E-state index contributed by atoms with van der Waals surface area (Å²) in [4.78, 5) is 11.7. The summed E-state index contributed by atoms with van der Waals surface area (Å²) in [7, 11) is 3.05. The molecule has 0 radical (unpaired) electrons. The molecule has 20 heavy (non-hydrogen) atoms. The number of carbonyl (C=O) groups is 1. The average Bonchev–Trinajstić information content (AvgIpc) is 2.53. The largest absolute Gasteiger partial charge is 0.497 e. The number of methoxy groups -OCH3 is 2. The van der Waals surface area contributed by atoms with Crippen molar-refractivity contribution in [1.29, 1.82) is 0 Å². The van der Waals surface area contributed by atoms with Crippen LogP contribution in [-0.2, 0) is 9.53 Å². The van der Waals surface area contributed by atoms with Gasteiger partial charge >= 0.3 is 5.97 Å². The maximum Gasteiger partial charge on any atom is 0.306 e. The third-order valence-electron chi connectivity index (χ3n) is 3.30. The molecule has 2 aromatic rings. The Morgan fingerprint density at radius 1 is 1.00 bits per heavy atom. The zero-order chi connectivity index (χ0) is 14.4. The van der Waals surface area contributed by atoms with Crippen molar-refractivity contribution >= 4 is 5.97 Å². The summed E-state index contributed by atoms with van der Waals surface area (Å²) in [5.74, 6) is 0.536. The molecule has 0 amide bonds. The lowest BCUT2D eigenvalue weighted by atomic mass is 9.88. The van der Waals surface area contributed by atoms with Crippen molar-refractivity contribution in [2.75, 3.05) is 14.2 Å². The van der Waals surface area contributed by atoms with Crippen molar-refractivity contribution in [1.82, 2.24) is 0 Å². The van der Waals surface area contributed by atoms with Gasteiger partial charge in [-0.1, -0.05) is 42.5 Å². The van der Waals surface area contributed by atoms with E-state index in [2.05, 4.69) is 0 Å². The molecule has 0 bridgehead atoms. The fourth-order valence-electron chi connectivity index (χ4n) is 2.22. The molecule has 0 aliphatic rings. The minimum absolute atomic E-state index is 0.0289. The Morgan fingerprint density at radius 2 is 1.70 bits per heavy atom. The number of hydrogen-bond acceptors (Lipinski definition) is 3. The molecule has 0 fully saturated rings. The van der Waals surface area contributed by atoms with E-state index in [4.69, 9.17) is 9.47 Å². The fraction of sp³-hybridized carbons (Fsp3) is 0.235. The summed E-state index contributed by atoms with van der Waals surface area (Å²) in [6.45, 7) is 0. The Labute approximate surface area is 119 Å². The highest BCUT2D eigenvalue weighted by Gasteiger charge is 2.19. The first-order chi connectivity index (χ1) is 9.74. The topological polar surface area (TPSA) is 35.5 Å². The van der Waals surface area contributed by atoms with Gasteiger partial charge in [0.1, 0.15) is 5.75 Å². The van der Waals surface area contributed by atoms with E-state index in [1.54, 1.807) is 7.11 Å². The number of rotatable bonds is 5. The van der Waals surface area contributed by atoms with Gasteiger partial charge in [0, 0.05) is 5.92 Å². The molecule has 0 spiro atoms. The van der Waals surface area contributed by atoms with Gasteiger partial charge < -0.3 is 9.47 Å². The molecular formula is C17H18O3. The summed E-state index contributed by atoms with van der Waals surface area (Å²) in [6.07, 6.45) is 0.313. The molecule has 3 heteroatoms. The molecule has 0 saturated heterocycles. The minimum atomic E-state index is -0.221. The zero-order valence-corrected chi connectivity index (χ0v) is 11.7. The molecule has 2 rings (SSSR count). The molecule has 2 aromatic carbocycles. The number of ether oxygens (including phenoxy) is 2. The van der Waals surface area contributed by atoms with Gasteiger partial charge in [-0.15, -0.1) is 0 Å². The molecule has 0 N–H and O–H groups in total. The van der Waals surface area contributed by atoms with Gasteiger partial charge in [0.15, 0.2) is 0 Å². The summed E-state index contributed by atoms with van der Waals surface area (Å²) in [5, 5.41) is 0. The highest BCUT2D eigenvalue weighted by atomic mass is 16.5. The second-order valence-electron chi connectivity index (χ2n) is 4.52. The first-order valence-corrected chi connectivity index (χ1v) is 6.50. The van der Waals surface area contributed by atoms with Gasteiger partial charge in [0.25, 0.3) is 0 Å². The SMILES string of the molecule is COC(=O)CC(c1ccccc1)c1cccc(OC)c1. The van der Waals surface area contributed by atoms with Crippen molar-refractivity contribution < 1.29 is 14.3 Å². The van der Waals surface area contributed by atoms with Crippen LogP contribution in [0.1, 0.15) is 23.5 Å². The van der Waals surface area contributed by atoms with E-state index in [9.17, 15) is 4.79 Å². The molecule has 1 atom stereocenters. The minimum Gasteiger partial charge on any atom is -0.497 e. The van der Waals surface area contributed by atoms with Gasteiger partial charge in [0.2, 0.25) is 0 Å². The zero-order valence-electron chi connectivity index (χ0n) is 11.7. The Hall–Kier alpha value is -2.29. The van der Waals surface area contributed by atoms with Crippen LogP contribution in [0.2, 0.25) is 0 Å². The van der Waals surface area contributed by atoms with Gasteiger partial charge in [-0.3, -0.25) is 4.79 Å². The van der Waals surface area contributed by atoms with Crippen LogP contribution >= 0.6 is 0 Å². The maximum atomic E-state index is 11.7. The molecule has 1 unspecified atom stereocenters. The summed E-state index contributed by atoms with van der Waals surface area (Å²) >= 11 is 0. The summed E-state index contributed by atoms with van der Waals surface area (Å²) in [5.41, 5.74) is 2.13. The lowest BCUT2D eigenvalue weighted by Crippen LogP contribution is -2.10. The van der Waals surface area contributed by atoms with Gasteiger partial charge in [-0.25, -0.2) is 0 Å². The highest BCUT2D eigenvalue weighted by Crippen LogP contribution is 2.30. The maximum absolute atomic E-state index is 11.7. The third kappa shape index (κ3) is 3.38. The average molecular weight is 270 g/mol. The summed E-state index contributed by atoms with van der Waals surface area (Å²) in [6, 6.07) is 17.7. The Bertz CT molecular complexity index is 563. The monoisotopic (exact) mass is 270 g/mol. The quantitative estimate of drug-likeness (QED) is 0.781. The second kappa shape index (κ2) is 6.75. The molecule has 0 aliphatic carbocycles. The molecule has 104 valence electrons. The number of hydrogen-bond donors (Lipinski definition) is 0. The smallest absolute Gasteiger partial charge is 0.306 e. The van der Waals surface area contributed by atoms with Crippen molar-refractivity contribution in [3.63, 3.8) is 0 Å². The van der Waals surface area contributed by atoms with E-state index >= 15 is 0 Å². The third-order valence-corrected chi connectivity index (χ3v) is 3.30. The van der Waals surface area contributed by atoms with Gasteiger partial charge in [0.05, 0.1) is 20.6 Å². The van der Waals surface area contributed by atoms with Crippen molar-refractivity contribution in [3.05, 3.63) is 65.7 Å². The lowest BCUT2D eigenvalue weighted by Gasteiger charge is -2.17. The molecule has 0 aromatic heterocycles. The molecule has 0 heterocycles. The molecule has 3 nitrogen and oxygen atoms in total. The number of esters is 1. The van der Waals surface area contributed by atoms with Crippen LogP contribution < -0.4 is 4.74 Å². The van der Waals surface area contributed by atoms with E-state index in [1.807, 2.05) is 54.6 Å². The Kier molecular flexibility index (Phi) is 4.77. The first-order valence-electron chi connectivity index (χ1n) is 6.50. The highest BCUT2D eigenvalue weighted by molar-refractivity contribution is 5.71. The standard InChI is InChI=1S/C17H18O3/c1-19-15-10-6-9-14(11-15)16(12-17(18)20-2)13-7-4-3-5-8-13/h3-11,16H,12H2,1-2H3. The normalized spacial score (nSPS) is 11.7. The van der Waals surface area contributed by atoms with Crippen molar-refractivity contribution in [3.8, 4) is 5.75 Å². The lowest BCUT2D eigenvalue weighted by molar-refractivity contribution is -0.140. The fourth-order valence-corrected chi connectivity index (χ4v) is 2.22. The van der Waals surface area contributed by atoms with Crippen LogP contribution in [0.25, 0.3) is 0 Å². The van der Waals surface area contributed by atoms with Crippen LogP contribution in [0.4, 0.5) is 0 Å².